The Morgan fingerprint density at radius 1 is 1.00 bits per heavy atom. The first-order chi connectivity index (χ1) is 7.58. The molecule has 1 aliphatic heterocycles. The summed E-state index contributed by atoms with van der Waals surface area (Å²) in [4.78, 5) is 11.3. The molecule has 16 heavy (non-hydrogen) atoms. The average Bonchev–Trinajstić information content (AvgIpc) is 2.23. The zero-order valence-electron chi connectivity index (χ0n) is 10.3. The number of anilines is 1. The molecule has 0 N–H and O–H groups in total. The van der Waals surface area contributed by atoms with Crippen LogP contribution < -0.4 is 4.90 Å². The van der Waals surface area contributed by atoms with E-state index in [-0.39, 0.29) is 0 Å². The smallest absolute Gasteiger partial charge is 0.154 e. The molecule has 3 nitrogen and oxygen atoms in total. The van der Waals surface area contributed by atoms with E-state index in [4.69, 9.17) is 0 Å². The number of hydrogen-bond acceptors (Lipinski definition) is 3. The van der Waals surface area contributed by atoms with Gasteiger partial charge in [0.05, 0.1) is 17.1 Å². The van der Waals surface area contributed by atoms with E-state index in [2.05, 4.69) is 40.1 Å². The van der Waals surface area contributed by atoms with E-state index < -0.39 is 0 Å². The minimum absolute atomic E-state index is 0.870. The Morgan fingerprint density at radius 3 is 2.38 bits per heavy atom. The molecule has 84 valence electrons. The number of nitrogens with zero attached hydrogens (tertiary/aromatic N) is 3. The average molecular weight is 215 g/mol. The van der Waals surface area contributed by atoms with E-state index in [1.165, 1.54) is 5.57 Å². The molecular formula is C13H17N3. The summed E-state index contributed by atoms with van der Waals surface area (Å²) in [7, 11) is 0. The molecule has 0 fully saturated rings. The normalized spacial score (nSPS) is 15.2. The number of hydrogen-bond donors (Lipinski definition) is 0. The van der Waals surface area contributed by atoms with Crippen molar-refractivity contribution < 1.29 is 0 Å². The summed E-state index contributed by atoms with van der Waals surface area (Å²) in [6.07, 6.45) is 6.39. The van der Waals surface area contributed by atoms with Gasteiger partial charge in [0.1, 0.15) is 0 Å². The molecule has 0 atom stereocenters. The topological polar surface area (TPSA) is 29.0 Å². The molecule has 0 bridgehead atoms. The van der Waals surface area contributed by atoms with Crippen LogP contribution in [0, 0.1) is 20.8 Å². The molecule has 1 aliphatic rings. The van der Waals surface area contributed by atoms with Crippen molar-refractivity contribution in [2.75, 3.05) is 11.4 Å². The SMILES string of the molecule is CC1=CN(c2nc(C)c(C)nc2C)CC=C1. The van der Waals surface area contributed by atoms with Crippen molar-refractivity contribution in [2.45, 2.75) is 27.7 Å². The van der Waals surface area contributed by atoms with Crippen LogP contribution in [0.25, 0.3) is 0 Å². The molecule has 1 aromatic heterocycles. The number of rotatable bonds is 1. The Morgan fingerprint density at radius 2 is 1.69 bits per heavy atom. The van der Waals surface area contributed by atoms with Gasteiger partial charge in [0.15, 0.2) is 5.82 Å². The van der Waals surface area contributed by atoms with E-state index >= 15 is 0 Å². The van der Waals surface area contributed by atoms with Crippen LogP contribution in [-0.4, -0.2) is 16.5 Å². The maximum atomic E-state index is 4.62. The summed E-state index contributed by atoms with van der Waals surface area (Å²) in [6, 6.07) is 0. The minimum Gasteiger partial charge on any atom is -0.327 e. The molecule has 0 spiro atoms. The van der Waals surface area contributed by atoms with E-state index in [9.17, 15) is 0 Å². The number of aromatic nitrogens is 2. The molecular weight excluding hydrogens is 198 g/mol. The van der Waals surface area contributed by atoms with E-state index in [0.717, 1.165) is 29.4 Å². The highest BCUT2D eigenvalue weighted by atomic mass is 15.2. The Hall–Kier alpha value is -1.64. The first kappa shape index (κ1) is 10.9. The fourth-order valence-corrected chi connectivity index (χ4v) is 1.82. The zero-order valence-corrected chi connectivity index (χ0v) is 10.3. The van der Waals surface area contributed by atoms with Gasteiger partial charge in [-0.2, -0.15) is 0 Å². The van der Waals surface area contributed by atoms with Gasteiger partial charge in [-0.1, -0.05) is 12.2 Å². The summed E-state index contributed by atoms with van der Waals surface area (Å²) in [5, 5.41) is 0. The van der Waals surface area contributed by atoms with E-state index in [1.54, 1.807) is 0 Å². The lowest BCUT2D eigenvalue weighted by Crippen LogP contribution is -2.22. The highest BCUT2D eigenvalue weighted by Crippen LogP contribution is 2.20. The van der Waals surface area contributed by atoms with Crippen LogP contribution in [0.3, 0.4) is 0 Å². The van der Waals surface area contributed by atoms with Gasteiger partial charge in [-0.3, -0.25) is 4.98 Å². The highest BCUT2D eigenvalue weighted by molar-refractivity contribution is 5.50. The van der Waals surface area contributed by atoms with E-state index in [0.29, 0.717) is 0 Å². The summed E-state index contributed by atoms with van der Waals surface area (Å²) < 4.78 is 0. The van der Waals surface area contributed by atoms with Crippen molar-refractivity contribution in [3.63, 3.8) is 0 Å². The lowest BCUT2D eigenvalue weighted by Gasteiger charge is -2.23. The Kier molecular flexibility index (Phi) is 2.77. The maximum Gasteiger partial charge on any atom is 0.154 e. The largest absolute Gasteiger partial charge is 0.327 e. The van der Waals surface area contributed by atoms with Gasteiger partial charge in [-0.05, 0) is 33.3 Å². The third kappa shape index (κ3) is 1.98. The molecule has 1 aromatic rings. The molecule has 0 aromatic carbocycles. The van der Waals surface area contributed by atoms with Crippen LogP contribution >= 0.6 is 0 Å². The van der Waals surface area contributed by atoms with E-state index in [1.807, 2.05) is 20.8 Å². The van der Waals surface area contributed by atoms with Crippen LogP contribution in [0.4, 0.5) is 5.82 Å². The molecule has 0 aliphatic carbocycles. The van der Waals surface area contributed by atoms with Crippen molar-refractivity contribution >= 4 is 5.82 Å². The molecule has 2 rings (SSSR count). The molecule has 0 unspecified atom stereocenters. The minimum atomic E-state index is 0.870. The maximum absolute atomic E-state index is 4.62. The van der Waals surface area contributed by atoms with Crippen molar-refractivity contribution in [1.82, 2.24) is 9.97 Å². The first-order valence-corrected chi connectivity index (χ1v) is 5.51. The second kappa shape index (κ2) is 4.08. The van der Waals surface area contributed by atoms with Gasteiger partial charge in [0, 0.05) is 12.7 Å². The number of aryl methyl sites for hydroxylation is 3. The summed E-state index contributed by atoms with van der Waals surface area (Å²) in [5.74, 6) is 0.965. The summed E-state index contributed by atoms with van der Waals surface area (Å²) in [6.45, 7) is 8.97. The second-order valence-electron chi connectivity index (χ2n) is 4.23. The lowest BCUT2D eigenvalue weighted by molar-refractivity contribution is 0.931. The predicted octanol–water partition coefficient (Wildman–Crippen LogP) is 2.68. The van der Waals surface area contributed by atoms with Crippen LogP contribution in [0.1, 0.15) is 24.0 Å². The van der Waals surface area contributed by atoms with Gasteiger partial charge < -0.3 is 4.90 Å². The Balaban J connectivity index is 2.41. The van der Waals surface area contributed by atoms with Crippen LogP contribution in [0.2, 0.25) is 0 Å². The first-order valence-electron chi connectivity index (χ1n) is 5.51. The van der Waals surface area contributed by atoms with Gasteiger partial charge in [-0.25, -0.2) is 4.98 Å². The lowest BCUT2D eigenvalue weighted by atomic mass is 10.2. The van der Waals surface area contributed by atoms with Gasteiger partial charge >= 0.3 is 0 Å². The van der Waals surface area contributed by atoms with Crippen molar-refractivity contribution in [1.29, 1.82) is 0 Å². The second-order valence-corrected chi connectivity index (χ2v) is 4.23. The molecule has 0 saturated carbocycles. The van der Waals surface area contributed by atoms with Crippen molar-refractivity contribution in [2.24, 2.45) is 0 Å². The monoisotopic (exact) mass is 215 g/mol. The summed E-state index contributed by atoms with van der Waals surface area (Å²) in [5.41, 5.74) is 4.24. The van der Waals surface area contributed by atoms with Gasteiger partial charge in [-0.15, -0.1) is 0 Å². The van der Waals surface area contributed by atoms with Gasteiger partial charge in [0.2, 0.25) is 0 Å². The predicted molar refractivity (Wildman–Crippen MR) is 66.5 cm³/mol. The zero-order chi connectivity index (χ0) is 11.7. The van der Waals surface area contributed by atoms with Crippen LogP contribution in [0.15, 0.2) is 23.9 Å². The fraction of sp³-hybridized carbons (Fsp3) is 0.385. The quantitative estimate of drug-likeness (QED) is 0.721. The van der Waals surface area contributed by atoms with Crippen molar-refractivity contribution in [3.05, 3.63) is 41.0 Å². The molecule has 2 heterocycles. The Bertz CT molecular complexity index is 472. The standard InChI is InChI=1S/C13H17N3/c1-9-6-5-7-16(8-9)13-12(4)14-10(2)11(3)15-13/h5-6,8H,7H2,1-4H3. The molecule has 3 heteroatoms. The fourth-order valence-electron chi connectivity index (χ4n) is 1.82. The Labute approximate surface area is 96.5 Å². The van der Waals surface area contributed by atoms with Crippen molar-refractivity contribution in [3.8, 4) is 0 Å². The number of allylic oxidation sites excluding steroid dienone is 2. The van der Waals surface area contributed by atoms with Gasteiger partial charge in [0.25, 0.3) is 0 Å². The summed E-state index contributed by atoms with van der Waals surface area (Å²) >= 11 is 0. The molecule has 0 amide bonds. The van der Waals surface area contributed by atoms with Crippen LogP contribution in [-0.2, 0) is 0 Å². The highest BCUT2D eigenvalue weighted by Gasteiger charge is 2.12. The third-order valence-electron chi connectivity index (χ3n) is 2.77. The molecule has 0 saturated heterocycles. The molecule has 0 radical (unpaired) electrons. The van der Waals surface area contributed by atoms with Crippen LogP contribution in [0.5, 0.6) is 0 Å². The third-order valence-corrected chi connectivity index (χ3v) is 2.77.